The number of hydrogen-bond acceptors (Lipinski definition) is 6. The van der Waals surface area contributed by atoms with Crippen molar-refractivity contribution in [3.05, 3.63) is 13.8 Å². The molecule has 0 aliphatic rings. The molecule has 186 valence electrons. The number of hydrogen-bond donors (Lipinski definition) is 4. The maximum absolute atomic E-state index is 9.21. The summed E-state index contributed by atoms with van der Waals surface area (Å²) in [6.07, 6.45) is 20.6. The zero-order valence-corrected chi connectivity index (χ0v) is 21.5. The minimum atomic E-state index is -2.53. The lowest BCUT2D eigenvalue weighted by atomic mass is 9.84. The Labute approximate surface area is 194 Å². The third kappa shape index (κ3) is 20.9. The highest BCUT2D eigenvalue weighted by Crippen LogP contribution is 2.39. The first kappa shape index (κ1) is 31.6. The molecule has 2 radical (unpaired) electrons. The van der Waals surface area contributed by atoms with Crippen molar-refractivity contribution in [2.75, 3.05) is 6.61 Å². The largest absolute Gasteiger partial charge is 0.328 e. The molecule has 8 heteroatoms. The molecule has 4 N–H and O–H groups in total. The third-order valence-corrected chi connectivity index (χ3v) is 6.49. The Bertz CT molecular complexity index is 383. The molecule has 1 unspecified atom stereocenters. The smallest absolute Gasteiger partial charge is 0.327 e. The molecule has 0 aliphatic heterocycles. The van der Waals surface area contributed by atoms with Gasteiger partial charge in [0, 0.05) is 5.41 Å². The van der Waals surface area contributed by atoms with Crippen LogP contribution in [0.5, 0.6) is 0 Å². The van der Waals surface area contributed by atoms with Gasteiger partial charge < -0.3 is 28.6 Å². The lowest BCUT2D eigenvalue weighted by Gasteiger charge is -2.33. The van der Waals surface area contributed by atoms with Gasteiger partial charge in [-0.2, -0.15) is 0 Å². The van der Waals surface area contributed by atoms with Gasteiger partial charge in [-0.1, -0.05) is 110 Å². The van der Waals surface area contributed by atoms with Crippen molar-refractivity contribution in [3.8, 4) is 0 Å². The van der Waals surface area contributed by atoms with Gasteiger partial charge in [0.25, 0.3) is 0 Å². The average molecular weight is 483 g/mol. The highest BCUT2D eigenvalue weighted by Gasteiger charge is 2.33. The predicted molar refractivity (Wildman–Crippen MR) is 131 cm³/mol. The van der Waals surface area contributed by atoms with E-state index in [-0.39, 0.29) is 6.61 Å². The summed E-state index contributed by atoms with van der Waals surface area (Å²) in [5.74, 6) is 0. The summed E-state index contributed by atoms with van der Waals surface area (Å²) >= 11 is 0. The summed E-state index contributed by atoms with van der Waals surface area (Å²) in [5.41, 5.74) is -1.03. The fourth-order valence-electron chi connectivity index (χ4n) is 3.74. The molecule has 31 heavy (non-hydrogen) atoms. The molecule has 0 spiro atoms. The minimum absolute atomic E-state index is 0.127. The Hall–Kier alpha value is 0.620. The highest BCUT2D eigenvalue weighted by atomic mass is 31.2. The quantitative estimate of drug-likeness (QED) is 0.0914. The predicted octanol–water partition coefficient (Wildman–Crippen LogP) is 7.12. The molecule has 0 amide bonds. The zero-order valence-electron chi connectivity index (χ0n) is 19.7. The lowest BCUT2D eigenvalue weighted by Crippen LogP contribution is -2.35. The van der Waals surface area contributed by atoms with E-state index < -0.39 is 28.7 Å². The van der Waals surface area contributed by atoms with Gasteiger partial charge in [0.2, 0.25) is 0 Å². The van der Waals surface area contributed by atoms with Crippen LogP contribution in [0.4, 0.5) is 0 Å². The van der Waals surface area contributed by atoms with Crippen LogP contribution in [0.3, 0.4) is 0 Å². The lowest BCUT2D eigenvalue weighted by molar-refractivity contribution is 0.0483. The first-order chi connectivity index (χ1) is 14.8. The SMILES string of the molecule is [CH2]C([CH2])(COP(O)O)C(CCCCCCCCCCCCCCCCCC)OP(O)O. The van der Waals surface area contributed by atoms with Crippen molar-refractivity contribution in [2.45, 2.75) is 122 Å². The van der Waals surface area contributed by atoms with Crippen LogP contribution in [-0.4, -0.2) is 32.3 Å². The highest BCUT2D eigenvalue weighted by molar-refractivity contribution is 7.39. The van der Waals surface area contributed by atoms with E-state index in [4.69, 9.17) is 18.8 Å². The fraction of sp³-hybridized carbons (Fsp3) is 0.913. The molecule has 6 nitrogen and oxygen atoms in total. The van der Waals surface area contributed by atoms with Gasteiger partial charge in [-0.05, 0) is 20.3 Å². The van der Waals surface area contributed by atoms with Gasteiger partial charge in [-0.3, -0.25) is 0 Å². The van der Waals surface area contributed by atoms with Crippen molar-refractivity contribution < 1.29 is 28.6 Å². The summed E-state index contributed by atoms with van der Waals surface area (Å²) in [5, 5.41) is 0. The molecule has 1 atom stereocenters. The van der Waals surface area contributed by atoms with Gasteiger partial charge in [-0.25, -0.2) is 0 Å². The van der Waals surface area contributed by atoms with Crippen molar-refractivity contribution in [1.82, 2.24) is 0 Å². The molecule has 0 saturated carbocycles. The second-order valence-electron chi connectivity index (χ2n) is 8.83. The van der Waals surface area contributed by atoms with Crippen molar-refractivity contribution in [3.63, 3.8) is 0 Å². The van der Waals surface area contributed by atoms with E-state index in [1.165, 1.54) is 83.5 Å². The first-order valence-corrected chi connectivity index (χ1v) is 14.5. The van der Waals surface area contributed by atoms with E-state index >= 15 is 0 Å². The molecule has 0 aliphatic carbocycles. The summed E-state index contributed by atoms with van der Waals surface area (Å²) in [7, 11) is -5.03. The summed E-state index contributed by atoms with van der Waals surface area (Å²) in [6, 6.07) is 0. The Morgan fingerprint density at radius 3 is 1.39 bits per heavy atom. The Kier molecular flexibility index (Phi) is 21.6. The number of unbranched alkanes of at least 4 members (excludes halogenated alkanes) is 15. The molecule has 0 bridgehead atoms. The van der Waals surface area contributed by atoms with Crippen LogP contribution in [0, 0.1) is 19.3 Å². The van der Waals surface area contributed by atoms with Crippen LogP contribution in [0.15, 0.2) is 0 Å². The van der Waals surface area contributed by atoms with E-state index in [0.717, 1.165) is 19.3 Å². The average Bonchev–Trinajstić information content (AvgIpc) is 2.70. The van der Waals surface area contributed by atoms with E-state index in [9.17, 15) is 9.79 Å². The van der Waals surface area contributed by atoms with Crippen LogP contribution in [0.2, 0.25) is 0 Å². The molecule has 0 aromatic rings. The molecule has 0 aromatic heterocycles. The van der Waals surface area contributed by atoms with Crippen molar-refractivity contribution in [2.24, 2.45) is 5.41 Å². The Morgan fingerprint density at radius 1 is 0.645 bits per heavy atom. The van der Waals surface area contributed by atoms with Crippen molar-refractivity contribution >= 4 is 17.2 Å². The molecule has 0 fully saturated rings. The maximum atomic E-state index is 9.21. The molecule has 0 rings (SSSR count). The van der Waals surface area contributed by atoms with Gasteiger partial charge in [0.15, 0.2) is 0 Å². The van der Waals surface area contributed by atoms with E-state index in [1.807, 2.05) is 0 Å². The number of rotatable bonds is 23. The normalized spacial score (nSPS) is 13.5. The standard InChI is InChI=1S/C23H48O6P2/c1-4-5-6-7-8-9-10-11-12-13-14-15-16-17-18-19-20-22(29-31(26)27)23(2,3)21-28-30(24)25/h22,24-27H,2-21H2,1H3. The summed E-state index contributed by atoms with van der Waals surface area (Å²) in [4.78, 5) is 36.2. The maximum Gasteiger partial charge on any atom is 0.327 e. The topological polar surface area (TPSA) is 99.4 Å². The molecular formula is C23H48O6P2. The monoisotopic (exact) mass is 482 g/mol. The van der Waals surface area contributed by atoms with Gasteiger partial charge in [0.05, 0.1) is 12.7 Å². The second kappa shape index (κ2) is 21.2. The fourth-order valence-corrected chi connectivity index (χ4v) is 4.67. The second-order valence-corrected chi connectivity index (χ2v) is 10.3. The Morgan fingerprint density at radius 2 is 1.03 bits per heavy atom. The molecule has 0 aromatic carbocycles. The molecule has 0 saturated heterocycles. The van der Waals surface area contributed by atoms with Crippen LogP contribution in [0.1, 0.15) is 116 Å². The minimum Gasteiger partial charge on any atom is -0.328 e. The van der Waals surface area contributed by atoms with Crippen molar-refractivity contribution in [1.29, 1.82) is 0 Å². The van der Waals surface area contributed by atoms with Gasteiger partial charge in [0.1, 0.15) is 0 Å². The van der Waals surface area contributed by atoms with Crippen LogP contribution in [0.25, 0.3) is 0 Å². The summed E-state index contributed by atoms with van der Waals surface area (Å²) in [6.45, 7) is 9.94. The van der Waals surface area contributed by atoms with E-state index in [0.29, 0.717) is 6.42 Å². The van der Waals surface area contributed by atoms with Gasteiger partial charge in [-0.15, -0.1) is 0 Å². The molecule has 0 heterocycles. The zero-order chi connectivity index (χ0) is 23.4. The first-order valence-electron chi connectivity index (χ1n) is 12.2. The summed E-state index contributed by atoms with van der Waals surface area (Å²) < 4.78 is 10.0. The van der Waals surface area contributed by atoms with E-state index in [1.54, 1.807) is 0 Å². The van der Waals surface area contributed by atoms with E-state index in [2.05, 4.69) is 20.8 Å². The van der Waals surface area contributed by atoms with Crippen LogP contribution < -0.4 is 0 Å². The van der Waals surface area contributed by atoms with Crippen LogP contribution in [-0.2, 0) is 9.05 Å². The third-order valence-electron chi connectivity index (χ3n) is 5.69. The molecular weight excluding hydrogens is 434 g/mol. The van der Waals surface area contributed by atoms with Gasteiger partial charge >= 0.3 is 17.2 Å². The van der Waals surface area contributed by atoms with Crippen LogP contribution >= 0.6 is 17.2 Å². The Balaban J connectivity index is 3.66.